The second-order valence-electron chi connectivity index (χ2n) is 4.30. The number of nitrogens with two attached hydrogens (primary N) is 1. The Morgan fingerprint density at radius 1 is 1.22 bits per heavy atom. The lowest BCUT2D eigenvalue weighted by atomic mass is 10.2. The molecule has 4 nitrogen and oxygen atoms in total. The van der Waals surface area contributed by atoms with Crippen LogP contribution in [-0.2, 0) is 0 Å². The number of anilines is 3. The van der Waals surface area contributed by atoms with Crippen LogP contribution in [0.2, 0.25) is 5.02 Å². The molecule has 0 unspecified atom stereocenters. The molecule has 0 aliphatic rings. The molecule has 1 aromatic heterocycles. The Labute approximate surface area is 111 Å². The Hall–Kier alpha value is -1.81. The number of halogens is 1. The van der Waals surface area contributed by atoms with Crippen LogP contribution >= 0.6 is 11.6 Å². The normalized spacial score (nSPS) is 10.7. The van der Waals surface area contributed by atoms with E-state index in [9.17, 15) is 0 Å². The first-order chi connectivity index (χ1) is 8.56. The monoisotopic (exact) mass is 262 g/mol. The van der Waals surface area contributed by atoms with Gasteiger partial charge in [0.25, 0.3) is 0 Å². The SMILES string of the molecule is CC(C)c1nc(N)cc(Nc2ccccc2Cl)n1. The fraction of sp³-hybridized carbons (Fsp3) is 0.231. The van der Waals surface area contributed by atoms with Crippen LogP contribution in [0.5, 0.6) is 0 Å². The maximum atomic E-state index is 6.08. The molecule has 0 saturated heterocycles. The van der Waals surface area contributed by atoms with Crippen LogP contribution in [0.4, 0.5) is 17.3 Å². The first-order valence-electron chi connectivity index (χ1n) is 5.72. The minimum atomic E-state index is 0.222. The molecule has 0 saturated carbocycles. The maximum Gasteiger partial charge on any atom is 0.136 e. The van der Waals surface area contributed by atoms with E-state index in [1.54, 1.807) is 6.07 Å². The molecule has 18 heavy (non-hydrogen) atoms. The highest BCUT2D eigenvalue weighted by Crippen LogP contribution is 2.25. The van der Waals surface area contributed by atoms with Gasteiger partial charge in [0.2, 0.25) is 0 Å². The number of para-hydroxylation sites is 1. The predicted octanol–water partition coefficient (Wildman–Crippen LogP) is 3.58. The van der Waals surface area contributed by atoms with E-state index in [-0.39, 0.29) is 5.92 Å². The molecule has 1 heterocycles. The minimum absolute atomic E-state index is 0.222. The summed E-state index contributed by atoms with van der Waals surface area (Å²) in [5.41, 5.74) is 6.56. The summed E-state index contributed by atoms with van der Waals surface area (Å²) in [6, 6.07) is 9.17. The zero-order chi connectivity index (χ0) is 13.1. The smallest absolute Gasteiger partial charge is 0.136 e. The molecule has 0 aliphatic carbocycles. The largest absolute Gasteiger partial charge is 0.384 e. The molecule has 0 spiro atoms. The van der Waals surface area contributed by atoms with Crippen LogP contribution in [0.1, 0.15) is 25.6 Å². The molecule has 0 aliphatic heterocycles. The van der Waals surface area contributed by atoms with Crippen molar-refractivity contribution >= 4 is 28.9 Å². The molecular weight excluding hydrogens is 248 g/mol. The zero-order valence-electron chi connectivity index (χ0n) is 10.3. The fourth-order valence-electron chi connectivity index (χ4n) is 1.51. The zero-order valence-corrected chi connectivity index (χ0v) is 11.1. The van der Waals surface area contributed by atoms with E-state index in [2.05, 4.69) is 15.3 Å². The van der Waals surface area contributed by atoms with Crippen molar-refractivity contribution in [3.8, 4) is 0 Å². The van der Waals surface area contributed by atoms with Gasteiger partial charge in [-0.2, -0.15) is 0 Å². The molecule has 2 aromatic rings. The van der Waals surface area contributed by atoms with Crippen molar-refractivity contribution in [3.63, 3.8) is 0 Å². The third kappa shape index (κ3) is 2.90. The van der Waals surface area contributed by atoms with E-state index in [0.29, 0.717) is 22.5 Å². The lowest BCUT2D eigenvalue weighted by molar-refractivity contribution is 0.779. The molecule has 5 heteroatoms. The van der Waals surface area contributed by atoms with E-state index in [1.807, 2.05) is 38.1 Å². The number of hydrogen-bond acceptors (Lipinski definition) is 4. The number of hydrogen-bond donors (Lipinski definition) is 2. The van der Waals surface area contributed by atoms with Crippen molar-refractivity contribution in [1.29, 1.82) is 0 Å². The van der Waals surface area contributed by atoms with Gasteiger partial charge in [-0.1, -0.05) is 37.6 Å². The lowest BCUT2D eigenvalue weighted by Gasteiger charge is -2.10. The minimum Gasteiger partial charge on any atom is -0.384 e. The Bertz CT molecular complexity index is 554. The van der Waals surface area contributed by atoms with Gasteiger partial charge in [-0.25, -0.2) is 9.97 Å². The number of nitrogens with one attached hydrogen (secondary N) is 1. The average molecular weight is 263 g/mol. The lowest BCUT2D eigenvalue weighted by Crippen LogP contribution is -2.05. The van der Waals surface area contributed by atoms with Crippen molar-refractivity contribution < 1.29 is 0 Å². The standard InChI is InChI=1S/C13H15ClN4/c1-8(2)13-17-11(15)7-12(18-13)16-10-6-4-3-5-9(10)14/h3-8H,1-2H3,(H3,15,16,17,18). The quantitative estimate of drug-likeness (QED) is 0.887. The molecule has 0 amide bonds. The van der Waals surface area contributed by atoms with Crippen LogP contribution < -0.4 is 11.1 Å². The average Bonchev–Trinajstić information content (AvgIpc) is 2.31. The van der Waals surface area contributed by atoms with E-state index >= 15 is 0 Å². The summed E-state index contributed by atoms with van der Waals surface area (Å²) in [6.07, 6.45) is 0. The van der Waals surface area contributed by atoms with Gasteiger partial charge in [0.05, 0.1) is 10.7 Å². The molecule has 0 atom stereocenters. The van der Waals surface area contributed by atoms with Crippen molar-refractivity contribution in [2.75, 3.05) is 11.1 Å². The van der Waals surface area contributed by atoms with E-state index in [1.165, 1.54) is 0 Å². The Morgan fingerprint density at radius 3 is 2.61 bits per heavy atom. The Balaban J connectivity index is 2.32. The van der Waals surface area contributed by atoms with E-state index in [0.717, 1.165) is 5.69 Å². The molecule has 94 valence electrons. The maximum absolute atomic E-state index is 6.08. The number of benzene rings is 1. The van der Waals surface area contributed by atoms with Crippen molar-refractivity contribution in [2.24, 2.45) is 0 Å². The molecular formula is C13H15ClN4. The Morgan fingerprint density at radius 2 is 1.94 bits per heavy atom. The summed E-state index contributed by atoms with van der Waals surface area (Å²) >= 11 is 6.08. The number of nitrogen functional groups attached to an aromatic ring is 1. The second-order valence-corrected chi connectivity index (χ2v) is 4.70. The van der Waals surface area contributed by atoms with Crippen LogP contribution in [0, 0.1) is 0 Å². The molecule has 0 radical (unpaired) electrons. The van der Waals surface area contributed by atoms with Gasteiger partial charge in [0, 0.05) is 12.0 Å². The van der Waals surface area contributed by atoms with Gasteiger partial charge in [-0.3, -0.25) is 0 Å². The van der Waals surface area contributed by atoms with Crippen LogP contribution in [-0.4, -0.2) is 9.97 Å². The molecule has 3 N–H and O–H groups in total. The van der Waals surface area contributed by atoms with E-state index < -0.39 is 0 Å². The first kappa shape index (κ1) is 12.6. The summed E-state index contributed by atoms with van der Waals surface area (Å²) in [4.78, 5) is 8.60. The first-order valence-corrected chi connectivity index (χ1v) is 6.10. The van der Waals surface area contributed by atoms with Gasteiger partial charge in [-0.05, 0) is 12.1 Å². The van der Waals surface area contributed by atoms with Gasteiger partial charge in [0.1, 0.15) is 17.5 Å². The van der Waals surface area contributed by atoms with Gasteiger partial charge in [0.15, 0.2) is 0 Å². The fourth-order valence-corrected chi connectivity index (χ4v) is 1.69. The number of rotatable bonds is 3. The van der Waals surface area contributed by atoms with Crippen LogP contribution in [0.15, 0.2) is 30.3 Å². The van der Waals surface area contributed by atoms with Crippen molar-refractivity contribution in [1.82, 2.24) is 9.97 Å². The third-order valence-electron chi connectivity index (χ3n) is 2.42. The highest BCUT2D eigenvalue weighted by atomic mass is 35.5. The topological polar surface area (TPSA) is 63.8 Å². The summed E-state index contributed by atoms with van der Waals surface area (Å²) < 4.78 is 0. The molecule has 1 aromatic carbocycles. The van der Waals surface area contributed by atoms with Crippen molar-refractivity contribution in [2.45, 2.75) is 19.8 Å². The predicted molar refractivity (Wildman–Crippen MR) is 75.3 cm³/mol. The van der Waals surface area contributed by atoms with Gasteiger partial charge >= 0.3 is 0 Å². The third-order valence-corrected chi connectivity index (χ3v) is 2.75. The number of aromatic nitrogens is 2. The molecule has 2 rings (SSSR count). The highest BCUT2D eigenvalue weighted by Gasteiger charge is 2.07. The summed E-state index contributed by atoms with van der Waals surface area (Å²) in [6.45, 7) is 4.04. The van der Waals surface area contributed by atoms with Gasteiger partial charge in [-0.15, -0.1) is 0 Å². The van der Waals surface area contributed by atoms with E-state index in [4.69, 9.17) is 17.3 Å². The number of nitrogens with zero attached hydrogens (tertiary/aromatic N) is 2. The second kappa shape index (κ2) is 5.23. The molecule has 0 fully saturated rings. The summed E-state index contributed by atoms with van der Waals surface area (Å²) in [5.74, 6) is 2.03. The summed E-state index contributed by atoms with van der Waals surface area (Å²) in [5, 5.41) is 3.78. The molecule has 0 bridgehead atoms. The van der Waals surface area contributed by atoms with Crippen LogP contribution in [0.3, 0.4) is 0 Å². The van der Waals surface area contributed by atoms with Gasteiger partial charge < -0.3 is 11.1 Å². The Kier molecular flexibility index (Phi) is 3.67. The van der Waals surface area contributed by atoms with Crippen LogP contribution in [0.25, 0.3) is 0 Å². The summed E-state index contributed by atoms with van der Waals surface area (Å²) in [7, 11) is 0. The van der Waals surface area contributed by atoms with Crippen molar-refractivity contribution in [3.05, 3.63) is 41.2 Å². The highest BCUT2D eigenvalue weighted by molar-refractivity contribution is 6.33.